The second-order valence-electron chi connectivity index (χ2n) is 6.70. The number of carbonyl (C=O) groups excluding carboxylic acids is 2. The molecule has 5 rings (SSSR count). The highest BCUT2D eigenvalue weighted by Crippen LogP contribution is 2.33. The van der Waals surface area contributed by atoms with Gasteiger partial charge in [0.05, 0.1) is 5.69 Å². The lowest BCUT2D eigenvalue weighted by Gasteiger charge is -2.19. The Morgan fingerprint density at radius 3 is 2.67 bits per heavy atom. The second kappa shape index (κ2) is 6.99. The van der Waals surface area contributed by atoms with Crippen LogP contribution in [0.3, 0.4) is 0 Å². The van der Waals surface area contributed by atoms with E-state index in [0.29, 0.717) is 16.4 Å². The summed E-state index contributed by atoms with van der Waals surface area (Å²) in [6.07, 6.45) is 0. The van der Waals surface area contributed by atoms with E-state index in [-0.39, 0.29) is 18.1 Å². The minimum absolute atomic E-state index is 0.00545. The number of hydrogen-bond donors (Lipinski definition) is 0. The number of imide groups is 1. The third-order valence-corrected chi connectivity index (χ3v) is 5.03. The third kappa shape index (κ3) is 3.01. The molecule has 150 valence electrons. The molecule has 0 unspecified atom stereocenters. The Hall–Kier alpha value is -3.66. The number of anilines is 1. The SMILES string of the molecule is O=C1[C@H]2N=NN(Cc3nc(-c4cccc(Cl)c4)no3)[C@H]2C(=O)N1c1ccc(F)cc1. The molecule has 11 heteroatoms. The van der Waals surface area contributed by atoms with Gasteiger partial charge in [-0.2, -0.15) is 10.1 Å². The predicted octanol–water partition coefficient (Wildman–Crippen LogP) is 3.02. The maximum atomic E-state index is 13.2. The molecule has 2 atom stereocenters. The molecule has 0 spiro atoms. The van der Waals surface area contributed by atoms with Gasteiger partial charge in [-0.3, -0.25) is 14.6 Å². The largest absolute Gasteiger partial charge is 0.337 e. The minimum atomic E-state index is -0.974. The topological polar surface area (TPSA) is 104 Å². The second-order valence-corrected chi connectivity index (χ2v) is 7.14. The quantitative estimate of drug-likeness (QED) is 0.594. The van der Waals surface area contributed by atoms with E-state index in [1.807, 2.05) is 0 Å². The molecule has 2 aromatic carbocycles. The zero-order valence-electron chi connectivity index (χ0n) is 15.1. The molecule has 3 aromatic rings. The molecule has 0 N–H and O–H groups in total. The maximum Gasteiger partial charge on any atom is 0.263 e. The van der Waals surface area contributed by atoms with Crippen molar-refractivity contribution in [2.75, 3.05) is 4.90 Å². The van der Waals surface area contributed by atoms with Crippen molar-refractivity contribution in [1.29, 1.82) is 0 Å². The van der Waals surface area contributed by atoms with Gasteiger partial charge in [0, 0.05) is 10.6 Å². The Morgan fingerprint density at radius 1 is 1.10 bits per heavy atom. The fourth-order valence-corrected chi connectivity index (χ4v) is 3.59. The average Bonchev–Trinajstić information content (AvgIpc) is 3.42. The van der Waals surface area contributed by atoms with Crippen LogP contribution in [0.4, 0.5) is 10.1 Å². The first-order valence-electron chi connectivity index (χ1n) is 8.90. The number of aromatic nitrogens is 2. The van der Waals surface area contributed by atoms with E-state index in [1.54, 1.807) is 24.3 Å². The number of hydrogen-bond acceptors (Lipinski definition) is 8. The standard InChI is InChI=1S/C19H12ClFN6O3/c20-11-3-1-2-10(8-11)17-22-14(30-24-17)9-26-16-15(23-25-26)18(28)27(19(16)29)13-6-4-12(21)5-7-13/h1-8,15-16H,9H2/t15-,16+/m0/s1. The Kier molecular flexibility index (Phi) is 4.28. The van der Waals surface area contributed by atoms with Gasteiger partial charge >= 0.3 is 0 Å². The number of benzene rings is 2. The van der Waals surface area contributed by atoms with Gasteiger partial charge in [0.2, 0.25) is 11.7 Å². The number of fused-ring (bicyclic) bond motifs is 1. The molecule has 0 aliphatic carbocycles. The summed E-state index contributed by atoms with van der Waals surface area (Å²) in [5, 5.41) is 13.7. The Balaban J connectivity index is 1.36. The predicted molar refractivity (Wildman–Crippen MR) is 102 cm³/mol. The number of carbonyl (C=O) groups is 2. The first-order chi connectivity index (χ1) is 14.5. The van der Waals surface area contributed by atoms with Crippen molar-refractivity contribution in [3.05, 3.63) is 65.3 Å². The Morgan fingerprint density at radius 2 is 1.90 bits per heavy atom. The van der Waals surface area contributed by atoms with Crippen LogP contribution in [0.2, 0.25) is 5.02 Å². The van der Waals surface area contributed by atoms with Gasteiger partial charge < -0.3 is 4.52 Å². The molecule has 30 heavy (non-hydrogen) atoms. The summed E-state index contributed by atoms with van der Waals surface area (Å²) in [5.41, 5.74) is 0.949. The fourth-order valence-electron chi connectivity index (χ4n) is 3.40. The maximum absolute atomic E-state index is 13.2. The highest BCUT2D eigenvalue weighted by atomic mass is 35.5. The van der Waals surface area contributed by atoms with E-state index in [9.17, 15) is 14.0 Å². The van der Waals surface area contributed by atoms with Crippen molar-refractivity contribution in [2.24, 2.45) is 10.3 Å². The number of rotatable bonds is 4. The van der Waals surface area contributed by atoms with Crippen molar-refractivity contribution in [1.82, 2.24) is 15.1 Å². The lowest BCUT2D eigenvalue weighted by atomic mass is 10.1. The smallest absolute Gasteiger partial charge is 0.263 e. The lowest BCUT2D eigenvalue weighted by molar-refractivity contribution is -0.123. The summed E-state index contributed by atoms with van der Waals surface area (Å²) in [6.45, 7) is -0.00545. The van der Waals surface area contributed by atoms with Crippen molar-refractivity contribution in [2.45, 2.75) is 18.6 Å². The first kappa shape index (κ1) is 18.4. The molecule has 2 aliphatic heterocycles. The summed E-state index contributed by atoms with van der Waals surface area (Å²) >= 11 is 5.99. The summed E-state index contributed by atoms with van der Waals surface area (Å²) < 4.78 is 18.4. The van der Waals surface area contributed by atoms with Gasteiger partial charge in [-0.05, 0) is 36.4 Å². The molecule has 2 aliphatic rings. The number of halogens is 2. The van der Waals surface area contributed by atoms with Crippen LogP contribution in [-0.4, -0.2) is 39.0 Å². The molecule has 9 nitrogen and oxygen atoms in total. The van der Waals surface area contributed by atoms with Crippen molar-refractivity contribution >= 4 is 29.1 Å². The molecule has 0 radical (unpaired) electrons. The van der Waals surface area contributed by atoms with Crippen LogP contribution in [0.25, 0.3) is 11.4 Å². The van der Waals surface area contributed by atoms with E-state index < -0.39 is 29.7 Å². The van der Waals surface area contributed by atoms with Crippen LogP contribution in [0, 0.1) is 5.82 Å². The van der Waals surface area contributed by atoms with Crippen LogP contribution < -0.4 is 4.90 Å². The monoisotopic (exact) mass is 426 g/mol. The van der Waals surface area contributed by atoms with Gasteiger partial charge in [0.1, 0.15) is 12.4 Å². The molecule has 0 bridgehead atoms. The molecular formula is C19H12ClFN6O3. The Bertz CT molecular complexity index is 1180. The summed E-state index contributed by atoms with van der Waals surface area (Å²) in [7, 11) is 0. The van der Waals surface area contributed by atoms with E-state index in [1.165, 1.54) is 29.3 Å². The molecule has 2 amide bonds. The van der Waals surface area contributed by atoms with Crippen LogP contribution in [-0.2, 0) is 16.1 Å². The van der Waals surface area contributed by atoms with Gasteiger partial charge in [-0.1, -0.05) is 34.1 Å². The van der Waals surface area contributed by atoms with Crippen molar-refractivity contribution in [3.8, 4) is 11.4 Å². The summed E-state index contributed by atoms with van der Waals surface area (Å²) in [4.78, 5) is 30.9. The molecule has 3 heterocycles. The van der Waals surface area contributed by atoms with E-state index >= 15 is 0 Å². The average molecular weight is 427 g/mol. The van der Waals surface area contributed by atoms with Gasteiger partial charge in [-0.25, -0.2) is 9.29 Å². The number of amides is 2. The van der Waals surface area contributed by atoms with Crippen molar-refractivity contribution in [3.63, 3.8) is 0 Å². The zero-order chi connectivity index (χ0) is 20.8. The fraction of sp³-hybridized carbons (Fsp3) is 0.158. The molecule has 0 saturated carbocycles. The number of nitrogens with zero attached hydrogens (tertiary/aromatic N) is 6. The highest BCUT2D eigenvalue weighted by Gasteiger charge is 2.55. The van der Waals surface area contributed by atoms with Crippen LogP contribution in [0.1, 0.15) is 5.89 Å². The van der Waals surface area contributed by atoms with Gasteiger partial charge in [0.15, 0.2) is 12.1 Å². The van der Waals surface area contributed by atoms with Crippen molar-refractivity contribution < 1.29 is 18.5 Å². The molecule has 1 aromatic heterocycles. The lowest BCUT2D eigenvalue weighted by Crippen LogP contribution is -2.39. The van der Waals surface area contributed by atoms with Gasteiger partial charge in [-0.15, -0.1) is 0 Å². The minimum Gasteiger partial charge on any atom is -0.337 e. The molecular weight excluding hydrogens is 415 g/mol. The highest BCUT2D eigenvalue weighted by molar-refractivity contribution is 6.30. The molecule has 1 fully saturated rings. The summed E-state index contributed by atoms with van der Waals surface area (Å²) in [5.74, 6) is -0.956. The van der Waals surface area contributed by atoms with E-state index in [4.69, 9.17) is 16.1 Å². The van der Waals surface area contributed by atoms with Crippen LogP contribution >= 0.6 is 11.6 Å². The summed E-state index contributed by atoms with van der Waals surface area (Å²) in [6, 6.07) is 10.2. The molecule has 1 saturated heterocycles. The van der Waals surface area contributed by atoms with Crippen LogP contribution in [0.15, 0.2) is 63.4 Å². The van der Waals surface area contributed by atoms with Crippen LogP contribution in [0.5, 0.6) is 0 Å². The third-order valence-electron chi connectivity index (χ3n) is 4.79. The van der Waals surface area contributed by atoms with E-state index in [0.717, 1.165) is 4.90 Å². The normalized spacial score (nSPS) is 20.3. The zero-order valence-corrected chi connectivity index (χ0v) is 15.9. The Labute approximate surface area is 173 Å². The van der Waals surface area contributed by atoms with E-state index in [2.05, 4.69) is 20.5 Å². The first-order valence-corrected chi connectivity index (χ1v) is 9.28. The van der Waals surface area contributed by atoms with Gasteiger partial charge in [0.25, 0.3) is 11.8 Å².